The van der Waals surface area contributed by atoms with Crippen LogP contribution >= 0.6 is 0 Å². The smallest absolute Gasteiger partial charge is 0.257 e. The van der Waals surface area contributed by atoms with Crippen LogP contribution in [0.5, 0.6) is 5.75 Å². The molecule has 3 rings (SSSR count). The summed E-state index contributed by atoms with van der Waals surface area (Å²) >= 11 is 0. The van der Waals surface area contributed by atoms with E-state index >= 15 is 0 Å². The van der Waals surface area contributed by atoms with Crippen LogP contribution in [0.15, 0.2) is 47.7 Å². The molecule has 0 saturated heterocycles. The van der Waals surface area contributed by atoms with Crippen LogP contribution in [0.4, 0.5) is 11.5 Å². The lowest BCUT2D eigenvalue weighted by Crippen LogP contribution is -2.23. The van der Waals surface area contributed by atoms with Gasteiger partial charge in [0.05, 0.1) is 5.97 Å². The molecule has 2 aromatic heterocycles. The lowest BCUT2D eigenvalue weighted by molar-refractivity contribution is -0.475. The van der Waals surface area contributed by atoms with Crippen molar-refractivity contribution in [2.45, 2.75) is 6.92 Å². The summed E-state index contributed by atoms with van der Waals surface area (Å²) in [6.07, 6.45) is 1.63. The van der Waals surface area contributed by atoms with Gasteiger partial charge in [0.25, 0.3) is 5.69 Å². The van der Waals surface area contributed by atoms with Crippen LogP contribution in [0.1, 0.15) is 16.1 Å². The molecule has 0 aliphatic carbocycles. The Balaban J connectivity index is 2.22. The Bertz CT molecular complexity index is 968. The standard InChI is InChI=1S/C17H14N4O3/c1-10-11(17(23)24)9-12-14(22)7-6-13(16(12)19-10)21(2)20-15-5-3-4-8-18-15/h3-9H,1-2H3,(H-,18,19,20,22,23,24)/p-1. The van der Waals surface area contributed by atoms with Gasteiger partial charge in [0.15, 0.2) is 7.05 Å². The number of pyridine rings is 2. The maximum Gasteiger partial charge on any atom is 0.257 e. The van der Waals surface area contributed by atoms with Crippen LogP contribution in [-0.4, -0.2) is 27.7 Å². The van der Waals surface area contributed by atoms with Crippen LogP contribution in [0, 0.1) is 6.92 Å². The fraction of sp³-hybridized carbons (Fsp3) is 0.118. The van der Waals surface area contributed by atoms with Crippen molar-refractivity contribution in [2.75, 3.05) is 7.05 Å². The number of fused-ring (bicyclic) bond motifs is 1. The van der Waals surface area contributed by atoms with Gasteiger partial charge in [-0.05, 0) is 30.5 Å². The first kappa shape index (κ1) is 15.5. The van der Waals surface area contributed by atoms with Crippen molar-refractivity contribution in [3.05, 3.63) is 53.9 Å². The maximum absolute atomic E-state index is 12.1. The van der Waals surface area contributed by atoms with Crippen molar-refractivity contribution in [1.82, 2.24) is 9.97 Å². The van der Waals surface area contributed by atoms with Crippen molar-refractivity contribution < 1.29 is 19.7 Å². The summed E-state index contributed by atoms with van der Waals surface area (Å²) in [4.78, 5) is 19.5. The van der Waals surface area contributed by atoms with Gasteiger partial charge in [-0.25, -0.2) is 9.97 Å². The average molecular weight is 321 g/mol. The summed E-state index contributed by atoms with van der Waals surface area (Å²) in [6, 6.07) is 9.60. The number of rotatable bonds is 3. The average Bonchev–Trinajstić information content (AvgIpc) is 2.55. The third-order valence-corrected chi connectivity index (χ3v) is 3.58. The van der Waals surface area contributed by atoms with Gasteiger partial charge < -0.3 is 15.0 Å². The number of hydrogen-bond acceptors (Lipinski definition) is 6. The molecular formula is C17H13N4O3-. The molecule has 0 fully saturated rings. The Morgan fingerprint density at radius 3 is 2.71 bits per heavy atom. The summed E-state index contributed by atoms with van der Waals surface area (Å²) < 4.78 is 1.55. The number of benzene rings is 1. The van der Waals surface area contributed by atoms with E-state index in [9.17, 15) is 15.0 Å². The van der Waals surface area contributed by atoms with Crippen LogP contribution in [-0.2, 0) is 0 Å². The lowest BCUT2D eigenvalue weighted by Gasteiger charge is -2.14. The molecule has 0 atom stereocenters. The first-order valence-electron chi connectivity index (χ1n) is 7.16. The molecule has 0 saturated carbocycles. The molecule has 0 aliphatic rings. The molecule has 0 N–H and O–H groups in total. The van der Waals surface area contributed by atoms with Crippen LogP contribution in [0.2, 0.25) is 0 Å². The molecule has 0 spiro atoms. The van der Waals surface area contributed by atoms with Gasteiger partial charge in [-0.1, -0.05) is 22.6 Å². The monoisotopic (exact) mass is 321 g/mol. The number of aromatic nitrogens is 2. The predicted molar refractivity (Wildman–Crippen MR) is 82.4 cm³/mol. The van der Waals surface area contributed by atoms with Gasteiger partial charge in [0.1, 0.15) is 5.52 Å². The number of carboxylic acids is 1. The minimum Gasteiger partial charge on any atom is -0.872 e. The molecule has 0 amide bonds. The molecule has 7 nitrogen and oxygen atoms in total. The second-order valence-corrected chi connectivity index (χ2v) is 5.20. The van der Waals surface area contributed by atoms with Gasteiger partial charge in [-0.3, -0.25) is 0 Å². The quantitative estimate of drug-likeness (QED) is 0.536. The predicted octanol–water partition coefficient (Wildman–Crippen LogP) is 1.43. The third-order valence-electron chi connectivity index (χ3n) is 3.58. The van der Waals surface area contributed by atoms with E-state index in [1.165, 1.54) is 12.1 Å². The van der Waals surface area contributed by atoms with E-state index in [1.54, 1.807) is 43.1 Å². The van der Waals surface area contributed by atoms with Gasteiger partial charge in [0.2, 0.25) is 5.82 Å². The third kappa shape index (κ3) is 2.79. The van der Waals surface area contributed by atoms with Gasteiger partial charge in [-0.15, -0.1) is 0 Å². The van der Waals surface area contributed by atoms with Crippen molar-refractivity contribution >= 4 is 28.4 Å². The first-order chi connectivity index (χ1) is 11.5. The van der Waals surface area contributed by atoms with Gasteiger partial charge in [-0.2, -0.15) is 0 Å². The molecule has 0 bridgehead atoms. The van der Waals surface area contributed by atoms with Crippen LogP contribution < -0.4 is 10.2 Å². The Kier molecular flexibility index (Phi) is 3.91. The molecule has 0 aliphatic heterocycles. The summed E-state index contributed by atoms with van der Waals surface area (Å²) in [5, 5.41) is 27.8. The van der Waals surface area contributed by atoms with E-state index in [0.717, 1.165) is 0 Å². The molecule has 2 heterocycles. The second kappa shape index (κ2) is 6.04. The first-order valence-corrected chi connectivity index (χ1v) is 7.16. The highest BCUT2D eigenvalue weighted by Crippen LogP contribution is 2.31. The minimum atomic E-state index is -1.36. The Morgan fingerprint density at radius 1 is 1.25 bits per heavy atom. The van der Waals surface area contributed by atoms with Crippen LogP contribution in [0.3, 0.4) is 0 Å². The van der Waals surface area contributed by atoms with Crippen molar-refractivity contribution in [3.63, 3.8) is 0 Å². The highest BCUT2D eigenvalue weighted by molar-refractivity contribution is 5.97. The molecular weight excluding hydrogens is 308 g/mol. The number of nitrogens with zero attached hydrogens (tertiary/aromatic N) is 4. The fourth-order valence-corrected chi connectivity index (χ4v) is 2.40. The summed E-state index contributed by atoms with van der Waals surface area (Å²) in [5.74, 6) is -1.17. The molecule has 0 unspecified atom stereocenters. The summed E-state index contributed by atoms with van der Waals surface area (Å²) in [7, 11) is 1.71. The largest absolute Gasteiger partial charge is 0.872 e. The van der Waals surface area contributed by atoms with Gasteiger partial charge in [0, 0.05) is 28.6 Å². The normalized spacial score (nSPS) is 11.7. The Labute approximate surface area is 137 Å². The van der Waals surface area contributed by atoms with Gasteiger partial charge >= 0.3 is 0 Å². The molecule has 24 heavy (non-hydrogen) atoms. The number of carboxylic acid groups (broad SMARTS) is 1. The molecule has 1 aromatic carbocycles. The Hall–Kier alpha value is -3.35. The molecule has 0 radical (unpaired) electrons. The van der Waals surface area contributed by atoms with Crippen LogP contribution in [0.25, 0.3) is 10.9 Å². The number of carbonyl (C=O) groups excluding carboxylic acids is 1. The summed E-state index contributed by atoms with van der Waals surface area (Å²) in [5.41, 5.74) is 1.14. The zero-order chi connectivity index (χ0) is 17.3. The zero-order valence-corrected chi connectivity index (χ0v) is 13.1. The zero-order valence-electron chi connectivity index (χ0n) is 13.1. The highest BCUT2D eigenvalue weighted by Gasteiger charge is 2.16. The number of aryl methyl sites for hydroxylation is 1. The van der Waals surface area contributed by atoms with E-state index in [-0.39, 0.29) is 22.4 Å². The van der Waals surface area contributed by atoms with E-state index in [0.29, 0.717) is 17.0 Å². The highest BCUT2D eigenvalue weighted by atomic mass is 16.4. The van der Waals surface area contributed by atoms with E-state index in [4.69, 9.17) is 0 Å². The number of azo groups is 2. The number of aromatic carboxylic acids is 1. The molecule has 3 aromatic rings. The lowest BCUT2D eigenvalue weighted by atomic mass is 10.1. The fourth-order valence-electron chi connectivity index (χ4n) is 2.40. The van der Waals surface area contributed by atoms with Crippen molar-refractivity contribution in [3.8, 4) is 5.75 Å². The topological polar surface area (TPSA) is 104 Å². The van der Waals surface area contributed by atoms with E-state index < -0.39 is 5.97 Å². The number of carbonyl (C=O) groups is 1. The molecule has 120 valence electrons. The maximum atomic E-state index is 12.1. The number of hydrogen-bond donors (Lipinski definition) is 0. The van der Waals surface area contributed by atoms with Crippen molar-refractivity contribution in [2.24, 2.45) is 5.11 Å². The second-order valence-electron chi connectivity index (χ2n) is 5.20. The SMILES string of the molecule is Cc1nc2c([N+](C)=Nc3ccccn3)ccc([O-])c2cc1C(=O)[O-]. The Morgan fingerprint density at radius 2 is 2.04 bits per heavy atom. The molecule has 7 heteroatoms. The summed E-state index contributed by atoms with van der Waals surface area (Å²) in [6.45, 7) is 1.56. The van der Waals surface area contributed by atoms with E-state index in [2.05, 4.69) is 15.1 Å². The van der Waals surface area contributed by atoms with E-state index in [1.807, 2.05) is 6.07 Å². The minimum absolute atomic E-state index is 0.0962. The van der Waals surface area contributed by atoms with Crippen molar-refractivity contribution in [1.29, 1.82) is 0 Å².